The van der Waals surface area contributed by atoms with Crippen LogP contribution in [-0.2, 0) is 21.2 Å². The second-order valence-corrected chi connectivity index (χ2v) is 12.4. The number of fused-ring (bicyclic) bond motifs is 5. The van der Waals surface area contributed by atoms with Crippen molar-refractivity contribution in [2.24, 2.45) is 21.6 Å². The van der Waals surface area contributed by atoms with Gasteiger partial charge in [0.05, 0.1) is 18.6 Å². The Balaban J connectivity index is 1.37. The monoisotopic (exact) mass is 507 g/mol. The van der Waals surface area contributed by atoms with Crippen LogP contribution < -0.4 is 4.74 Å². The van der Waals surface area contributed by atoms with Crippen LogP contribution in [0.5, 0.6) is 5.75 Å². The van der Waals surface area contributed by atoms with Gasteiger partial charge < -0.3 is 9.47 Å². The molecule has 5 nitrogen and oxygen atoms in total. The van der Waals surface area contributed by atoms with Gasteiger partial charge in [0.2, 0.25) is 5.90 Å². The molecule has 2 aromatic carbocycles. The molecule has 3 aliphatic rings. The highest BCUT2D eigenvalue weighted by Gasteiger charge is 2.51. The second kappa shape index (κ2) is 9.70. The minimum atomic E-state index is -3.82. The van der Waals surface area contributed by atoms with Gasteiger partial charge >= 0.3 is 0 Å². The lowest BCUT2D eigenvalue weighted by Crippen LogP contribution is -2.41. The third-order valence-corrected chi connectivity index (χ3v) is 10.2. The normalized spacial score (nSPS) is 27.5. The summed E-state index contributed by atoms with van der Waals surface area (Å²) >= 11 is 0. The molecular formula is C30H37NO4S. The number of nitrogens with zero attached hydrogens (tertiary/aromatic N) is 1. The zero-order chi connectivity index (χ0) is 25.5. The summed E-state index contributed by atoms with van der Waals surface area (Å²) in [5.41, 5.74) is 5.30. The van der Waals surface area contributed by atoms with E-state index in [2.05, 4.69) is 35.6 Å². The topological polar surface area (TPSA) is 65.0 Å². The number of hydrogen-bond donors (Lipinski definition) is 0. The third kappa shape index (κ3) is 4.49. The molecule has 0 unspecified atom stereocenters. The molecule has 0 radical (unpaired) electrons. The maximum atomic E-state index is 13.0. The smallest absolute Gasteiger partial charge is 0.285 e. The Morgan fingerprint density at radius 2 is 1.92 bits per heavy atom. The van der Waals surface area contributed by atoms with Crippen molar-refractivity contribution in [3.05, 3.63) is 70.8 Å². The van der Waals surface area contributed by atoms with E-state index < -0.39 is 10.0 Å². The highest BCUT2D eigenvalue weighted by Crippen LogP contribution is 2.61. The lowest BCUT2D eigenvalue weighted by molar-refractivity contribution is 0.0739. The molecule has 0 heterocycles. The van der Waals surface area contributed by atoms with Crippen molar-refractivity contribution in [3.63, 3.8) is 0 Å². The molecule has 4 atom stereocenters. The molecule has 5 rings (SSSR count). The van der Waals surface area contributed by atoms with Crippen LogP contribution in [0.3, 0.4) is 0 Å². The number of rotatable bonds is 6. The Hall–Kier alpha value is -2.60. The molecule has 0 spiro atoms. The van der Waals surface area contributed by atoms with Crippen LogP contribution in [0.1, 0.15) is 68.6 Å². The largest absolute Gasteiger partial charge is 0.497 e. The van der Waals surface area contributed by atoms with E-state index in [0.717, 1.165) is 37.0 Å². The number of benzene rings is 2. The van der Waals surface area contributed by atoms with Crippen molar-refractivity contribution in [2.45, 2.75) is 70.1 Å². The molecule has 0 aromatic heterocycles. The molecule has 2 aromatic rings. The lowest BCUT2D eigenvalue weighted by atomic mass is 9.54. The molecular weight excluding hydrogens is 470 g/mol. The Kier molecular flexibility index (Phi) is 6.75. The number of aryl methyl sites for hydroxylation is 2. The molecule has 36 heavy (non-hydrogen) atoms. The molecule has 0 aliphatic heterocycles. The SMILES string of the molecule is CCO/C(CC1=CC[C@H]2[C@@H]3CCc4cc(OC)ccc4[C@H]3CC[C@]12C)=N/S(=O)(=O)c1ccc(C)cc1. The maximum Gasteiger partial charge on any atom is 0.285 e. The zero-order valence-corrected chi connectivity index (χ0v) is 22.6. The fourth-order valence-corrected chi connectivity index (χ4v) is 7.92. The van der Waals surface area contributed by atoms with E-state index in [0.29, 0.717) is 36.7 Å². The molecule has 1 saturated carbocycles. The predicted molar refractivity (Wildman–Crippen MR) is 143 cm³/mol. The summed E-state index contributed by atoms with van der Waals surface area (Å²) in [7, 11) is -2.09. The first-order valence-corrected chi connectivity index (χ1v) is 14.6. The summed E-state index contributed by atoms with van der Waals surface area (Å²) in [5, 5.41) is 0. The van der Waals surface area contributed by atoms with Gasteiger partial charge in [-0.2, -0.15) is 8.42 Å². The third-order valence-electron chi connectivity index (χ3n) is 8.87. The summed E-state index contributed by atoms with van der Waals surface area (Å²) < 4.78 is 41.5. The van der Waals surface area contributed by atoms with Crippen LogP contribution in [0.25, 0.3) is 0 Å². The molecule has 0 saturated heterocycles. The Morgan fingerprint density at radius 3 is 2.64 bits per heavy atom. The minimum absolute atomic E-state index is 0.0522. The molecule has 6 heteroatoms. The highest BCUT2D eigenvalue weighted by molar-refractivity contribution is 7.90. The van der Waals surface area contributed by atoms with Crippen LogP contribution in [0, 0.1) is 24.2 Å². The number of ether oxygens (including phenoxy) is 2. The number of methoxy groups -OCH3 is 1. The standard InChI is InChI=1S/C30H37NO4S/c1-5-35-29(31-36(32,33)24-11-6-20(2)7-12-24)19-22-9-15-28-27-13-8-21-18-23(34-4)10-14-25(21)26(27)16-17-30(22,28)3/h6-7,9-12,14,18,26-28H,5,8,13,15-17,19H2,1-4H3/b31-29+/t26-,27-,28+,30-/m1/s1. The number of hydrogen-bond acceptors (Lipinski definition) is 4. The van der Waals surface area contributed by atoms with Gasteiger partial charge in [-0.3, -0.25) is 0 Å². The van der Waals surface area contributed by atoms with E-state index in [9.17, 15) is 8.42 Å². The molecule has 1 fully saturated rings. The van der Waals surface area contributed by atoms with Crippen molar-refractivity contribution in [1.29, 1.82) is 0 Å². The Labute approximate surface area is 215 Å². The molecule has 3 aliphatic carbocycles. The quantitative estimate of drug-likeness (QED) is 0.251. The van der Waals surface area contributed by atoms with Crippen molar-refractivity contribution in [2.75, 3.05) is 13.7 Å². The van der Waals surface area contributed by atoms with Gasteiger partial charge in [0, 0.05) is 6.42 Å². The fraction of sp³-hybridized carbons (Fsp3) is 0.500. The van der Waals surface area contributed by atoms with Crippen LogP contribution in [0.4, 0.5) is 0 Å². The average Bonchev–Trinajstić information content (AvgIpc) is 3.19. The van der Waals surface area contributed by atoms with Gasteiger partial charge in [-0.15, -0.1) is 4.40 Å². The van der Waals surface area contributed by atoms with Crippen molar-refractivity contribution < 1.29 is 17.9 Å². The maximum absolute atomic E-state index is 13.0. The first kappa shape index (κ1) is 25.1. The average molecular weight is 508 g/mol. The van der Waals surface area contributed by atoms with Gasteiger partial charge in [-0.25, -0.2) is 0 Å². The van der Waals surface area contributed by atoms with E-state index in [1.54, 1.807) is 31.4 Å². The van der Waals surface area contributed by atoms with Crippen molar-refractivity contribution in [3.8, 4) is 5.75 Å². The van der Waals surface area contributed by atoms with Crippen LogP contribution in [0.15, 0.2) is 63.4 Å². The van der Waals surface area contributed by atoms with Gasteiger partial charge in [0.1, 0.15) is 5.75 Å². The van der Waals surface area contributed by atoms with E-state index in [1.807, 2.05) is 13.8 Å². The second-order valence-electron chi connectivity index (χ2n) is 10.8. The van der Waals surface area contributed by atoms with Gasteiger partial charge in [-0.05, 0) is 105 Å². The summed E-state index contributed by atoms with van der Waals surface area (Å²) in [6.07, 6.45) is 8.39. The van der Waals surface area contributed by atoms with Crippen molar-refractivity contribution in [1.82, 2.24) is 0 Å². The Bertz CT molecular complexity index is 1290. The Morgan fingerprint density at radius 1 is 1.14 bits per heavy atom. The number of allylic oxidation sites excluding steroid dienone is 1. The van der Waals surface area contributed by atoms with Crippen LogP contribution in [-0.4, -0.2) is 28.0 Å². The van der Waals surface area contributed by atoms with Crippen LogP contribution in [0.2, 0.25) is 0 Å². The predicted octanol–water partition coefficient (Wildman–Crippen LogP) is 6.61. The van der Waals surface area contributed by atoms with E-state index in [1.165, 1.54) is 23.1 Å². The van der Waals surface area contributed by atoms with E-state index in [-0.39, 0.29) is 10.3 Å². The lowest BCUT2D eigenvalue weighted by Gasteiger charge is -2.50. The molecule has 192 valence electrons. The first-order chi connectivity index (χ1) is 17.2. The van der Waals surface area contributed by atoms with Crippen LogP contribution >= 0.6 is 0 Å². The summed E-state index contributed by atoms with van der Waals surface area (Å²) in [6, 6.07) is 13.4. The zero-order valence-electron chi connectivity index (χ0n) is 21.8. The molecule has 0 amide bonds. The van der Waals surface area contributed by atoms with E-state index in [4.69, 9.17) is 9.47 Å². The van der Waals surface area contributed by atoms with E-state index >= 15 is 0 Å². The summed E-state index contributed by atoms with van der Waals surface area (Å²) in [6.45, 7) is 6.58. The summed E-state index contributed by atoms with van der Waals surface area (Å²) in [5.74, 6) is 3.04. The van der Waals surface area contributed by atoms with Gasteiger partial charge in [0.15, 0.2) is 0 Å². The van der Waals surface area contributed by atoms with Gasteiger partial charge in [0.25, 0.3) is 10.0 Å². The first-order valence-electron chi connectivity index (χ1n) is 13.1. The summed E-state index contributed by atoms with van der Waals surface area (Å²) in [4.78, 5) is 0.202. The van der Waals surface area contributed by atoms with Crippen molar-refractivity contribution >= 4 is 15.9 Å². The fourth-order valence-electron chi connectivity index (χ4n) is 6.95. The molecule has 0 N–H and O–H groups in total. The number of sulfonamides is 1. The minimum Gasteiger partial charge on any atom is -0.497 e. The molecule has 0 bridgehead atoms. The highest BCUT2D eigenvalue weighted by atomic mass is 32.2. The van der Waals surface area contributed by atoms with Gasteiger partial charge in [-0.1, -0.05) is 42.3 Å².